The van der Waals surface area contributed by atoms with Crippen LogP contribution in [0.5, 0.6) is 5.75 Å². The van der Waals surface area contributed by atoms with Crippen molar-refractivity contribution < 1.29 is 84.7 Å². The third-order valence-corrected chi connectivity index (χ3v) is 12.3. The van der Waals surface area contributed by atoms with Crippen LogP contribution in [-0.4, -0.2) is 93.2 Å². The van der Waals surface area contributed by atoms with Crippen LogP contribution in [-0.2, 0) is 65.4 Å². The van der Waals surface area contributed by atoms with Crippen molar-refractivity contribution >= 4 is 82.8 Å². The number of nitro groups is 1. The molecule has 2 fully saturated rings. The summed E-state index contributed by atoms with van der Waals surface area (Å²) in [6.45, 7) is 17.7. The first-order chi connectivity index (χ1) is 30.8. The molecule has 4 aromatic heterocycles. The van der Waals surface area contributed by atoms with E-state index in [0.717, 1.165) is 81.5 Å². The van der Waals surface area contributed by atoms with Gasteiger partial charge in [0.25, 0.3) is 5.69 Å². The number of nitro benzene ring substituents is 1. The molecule has 2 aliphatic rings. The Bertz CT molecular complexity index is 2760. The monoisotopic (exact) mass is 1080 g/mol. The summed E-state index contributed by atoms with van der Waals surface area (Å²) in [7, 11) is 0. The minimum atomic E-state index is -0.710. The Labute approximate surface area is 442 Å². The summed E-state index contributed by atoms with van der Waals surface area (Å²) in [4.78, 5) is 58.9. The second-order valence-corrected chi connectivity index (χ2v) is 17.6. The average molecular weight is 1080 g/mol. The van der Waals surface area contributed by atoms with Gasteiger partial charge in [-0.2, -0.15) is 58.1 Å². The first-order valence-corrected chi connectivity index (χ1v) is 22.4. The van der Waals surface area contributed by atoms with Gasteiger partial charge >= 0.3 is 12.1 Å². The molecule has 9 rings (SSSR count). The van der Waals surface area contributed by atoms with Crippen molar-refractivity contribution in [3.05, 3.63) is 130 Å². The molecule has 338 valence electrons. The van der Waals surface area contributed by atoms with Crippen LogP contribution in [0.15, 0.2) is 85.2 Å². The number of pyridine rings is 2. The molecule has 0 spiro atoms. The summed E-state index contributed by atoms with van der Waals surface area (Å²) in [5.41, 5.74) is 6.02. The minimum Gasteiger partial charge on any atom is -0.410 e. The number of amides is 3. The summed E-state index contributed by atoms with van der Waals surface area (Å²) < 4.78 is 6.99. The number of thiazole rings is 2. The SMILES string of the molecule is Cc1[c-]cc2sc(NC(=O)N3CCN(c4ncccc4C)CC3C)nc2c1.Cc1[c-]cc2sc(NC(=O)Oc3ccc([N+](=O)[O-])cc3)nc2c1.Cc1cccnc1N1CCNC(C)C1.[Y].[Y]. The van der Waals surface area contributed by atoms with Crippen LogP contribution in [0.1, 0.15) is 36.1 Å². The molecule has 3 aromatic carbocycles. The van der Waals surface area contributed by atoms with E-state index >= 15 is 0 Å². The fourth-order valence-corrected chi connectivity index (χ4v) is 8.90. The van der Waals surface area contributed by atoms with Gasteiger partial charge in [0.2, 0.25) is 0 Å². The number of hydrogen-bond donors (Lipinski definition) is 3. The van der Waals surface area contributed by atoms with Crippen molar-refractivity contribution in [1.82, 2.24) is 30.2 Å². The predicted molar refractivity (Wildman–Crippen MR) is 254 cm³/mol. The van der Waals surface area contributed by atoms with Crippen LogP contribution in [0.3, 0.4) is 0 Å². The minimum absolute atomic E-state index is 0. The third-order valence-electron chi connectivity index (χ3n) is 10.4. The summed E-state index contributed by atoms with van der Waals surface area (Å²) >= 11 is 2.79. The number of benzene rings is 3. The quantitative estimate of drug-likeness (QED) is 0.0818. The van der Waals surface area contributed by atoms with Gasteiger partial charge in [0.05, 0.1) is 4.92 Å². The molecule has 2 radical (unpaired) electrons. The van der Waals surface area contributed by atoms with Crippen LogP contribution in [0.2, 0.25) is 0 Å². The van der Waals surface area contributed by atoms with E-state index in [2.05, 4.69) is 97.6 Å². The van der Waals surface area contributed by atoms with Crippen molar-refractivity contribution in [3.8, 4) is 5.75 Å². The van der Waals surface area contributed by atoms with E-state index in [4.69, 9.17) is 4.74 Å². The largest absolute Gasteiger partial charge is 0.418 e. The number of piperazine rings is 2. The molecule has 3 amide bonds. The zero-order valence-electron chi connectivity index (χ0n) is 37.6. The Morgan fingerprint density at radius 1 is 0.788 bits per heavy atom. The Balaban J connectivity index is 0.000000191. The Kier molecular flexibility index (Phi) is 19.4. The molecule has 0 aliphatic carbocycles. The summed E-state index contributed by atoms with van der Waals surface area (Å²) in [5.74, 6) is 2.35. The van der Waals surface area contributed by atoms with Crippen molar-refractivity contribution in [3.63, 3.8) is 0 Å². The molecule has 7 aromatic rings. The molecule has 2 saturated heterocycles. The fourth-order valence-electron chi connectivity index (χ4n) is 7.27. The van der Waals surface area contributed by atoms with Gasteiger partial charge in [0.15, 0.2) is 10.3 Å². The van der Waals surface area contributed by atoms with Crippen LogP contribution < -0.4 is 30.5 Å². The number of aromatic nitrogens is 4. The molecule has 0 saturated carbocycles. The van der Waals surface area contributed by atoms with E-state index < -0.39 is 11.0 Å². The van der Waals surface area contributed by atoms with Crippen LogP contribution >= 0.6 is 22.7 Å². The van der Waals surface area contributed by atoms with Crippen molar-refractivity contribution in [1.29, 1.82) is 0 Å². The van der Waals surface area contributed by atoms with E-state index in [1.165, 1.54) is 52.5 Å². The summed E-state index contributed by atoms with van der Waals surface area (Å²) in [6, 6.07) is 27.8. The van der Waals surface area contributed by atoms with Gasteiger partial charge in [-0.1, -0.05) is 35.4 Å². The van der Waals surface area contributed by atoms with E-state index in [-0.39, 0.29) is 88.9 Å². The van der Waals surface area contributed by atoms with Gasteiger partial charge < -0.3 is 24.8 Å². The van der Waals surface area contributed by atoms with Gasteiger partial charge in [-0.25, -0.2) is 29.5 Å². The molecule has 66 heavy (non-hydrogen) atoms. The standard InChI is InChI=1S/C20H22N5OS.C15H10N3O4S.C11H17N3.2Y/c1-13-6-7-17-16(11-13)22-19(27-17)23-20(26)25-10-9-24(12-15(25)3)18-14(2)5-4-8-21-18;1-9-2-7-13-12(8-9)16-14(23-13)17-15(19)22-11-5-3-10(4-6-11)18(20)21;1-9-4-3-5-13-11(9)14-7-6-12-10(2)8-14;;/h4-5,7-8,11,15H,9-10,12H2,1-3H3,(H,22,23,26);3-8H,1H3,(H,16,17,19);3-5,10,12H,6-8H2,1-2H3;;/q2*-1;;;. The smallest absolute Gasteiger partial charge is 0.410 e. The molecule has 6 heterocycles. The second kappa shape index (κ2) is 24.5. The Morgan fingerprint density at radius 2 is 1.33 bits per heavy atom. The van der Waals surface area contributed by atoms with E-state index in [1.54, 1.807) is 0 Å². The number of nitrogens with zero attached hydrogens (tertiary/aromatic N) is 8. The molecule has 2 unspecified atom stereocenters. The summed E-state index contributed by atoms with van der Waals surface area (Å²) in [6.07, 6.45) is 2.98. The number of fused-ring (bicyclic) bond motifs is 2. The Hall–Kier alpha value is -4.55. The number of anilines is 4. The normalized spacial score (nSPS) is 15.5. The van der Waals surface area contributed by atoms with E-state index in [0.29, 0.717) is 22.8 Å². The maximum Gasteiger partial charge on any atom is 0.418 e. The van der Waals surface area contributed by atoms with Gasteiger partial charge in [0, 0.05) is 141 Å². The van der Waals surface area contributed by atoms with Crippen molar-refractivity contribution in [2.24, 2.45) is 0 Å². The number of carbonyl (C=O) groups is 2. The number of urea groups is 1. The van der Waals surface area contributed by atoms with E-state index in [9.17, 15) is 19.7 Å². The summed E-state index contributed by atoms with van der Waals surface area (Å²) in [5, 5.41) is 20.5. The topological polar surface area (TPSA) is 184 Å². The molecule has 16 nitrogen and oxygen atoms in total. The zero-order chi connectivity index (χ0) is 45.3. The number of rotatable bonds is 6. The Morgan fingerprint density at radius 3 is 1.85 bits per heavy atom. The zero-order valence-corrected chi connectivity index (χ0v) is 44.9. The molecule has 20 heteroatoms. The maximum atomic E-state index is 12.8. The number of non-ortho nitro benzene ring substituents is 1. The first kappa shape index (κ1) is 52.4. The molecule has 3 N–H and O–H groups in total. The number of nitrogens with one attached hydrogen (secondary N) is 3. The van der Waals surface area contributed by atoms with E-state index in [1.807, 2.05) is 67.5 Å². The van der Waals surface area contributed by atoms with Crippen LogP contribution in [0.4, 0.5) is 37.2 Å². The number of hydrogen-bond acceptors (Lipinski definition) is 14. The predicted octanol–water partition coefficient (Wildman–Crippen LogP) is 8.96. The fraction of sp³-hybridized carbons (Fsp3) is 0.304. The van der Waals surface area contributed by atoms with Crippen LogP contribution in [0.25, 0.3) is 20.4 Å². The van der Waals surface area contributed by atoms with Gasteiger partial charge in [-0.05, 0) is 74.1 Å². The van der Waals surface area contributed by atoms with Gasteiger partial charge in [-0.15, -0.1) is 12.1 Å². The van der Waals surface area contributed by atoms with Crippen LogP contribution in [0, 0.1) is 49.9 Å². The third kappa shape index (κ3) is 14.0. The number of carbonyl (C=O) groups excluding carboxylic acids is 2. The molecule has 2 atom stereocenters. The molecular formula is C46H49N11O5S2Y2-2. The number of ether oxygens (including phenoxy) is 1. The second-order valence-electron chi connectivity index (χ2n) is 15.5. The number of aryl methyl sites for hydroxylation is 4. The van der Waals surface area contributed by atoms with Crippen molar-refractivity contribution in [2.45, 2.75) is 53.6 Å². The van der Waals surface area contributed by atoms with Gasteiger partial charge in [-0.3, -0.25) is 20.7 Å². The molecule has 0 bridgehead atoms. The van der Waals surface area contributed by atoms with Gasteiger partial charge in [0.1, 0.15) is 17.4 Å². The maximum absolute atomic E-state index is 12.8. The average Bonchev–Trinajstić information content (AvgIpc) is 3.86. The van der Waals surface area contributed by atoms with Crippen molar-refractivity contribution in [2.75, 3.05) is 59.7 Å². The molecule has 2 aliphatic heterocycles. The molecular weight excluding hydrogens is 1030 g/mol. The first-order valence-electron chi connectivity index (χ1n) is 20.7.